The van der Waals surface area contributed by atoms with Crippen molar-refractivity contribution in [2.45, 2.75) is 0 Å². The molecule has 0 saturated carbocycles. The number of pyridine rings is 1. The van der Waals surface area contributed by atoms with Crippen LogP contribution in [-0.4, -0.2) is 32.7 Å². The SMILES string of the molecule is CNc1cc(C(=O)Nc2ncnn2C)c(Cl)cn1. The number of carbonyl (C=O) groups is 1. The minimum atomic E-state index is -0.366. The molecule has 2 rings (SSSR count). The molecule has 0 radical (unpaired) electrons. The van der Waals surface area contributed by atoms with Crippen molar-refractivity contribution >= 4 is 29.3 Å². The summed E-state index contributed by atoms with van der Waals surface area (Å²) in [6.45, 7) is 0. The lowest BCUT2D eigenvalue weighted by Crippen LogP contribution is -2.16. The van der Waals surface area contributed by atoms with E-state index in [2.05, 4.69) is 25.7 Å². The second kappa shape index (κ2) is 5.01. The lowest BCUT2D eigenvalue weighted by molar-refractivity contribution is 0.102. The zero-order valence-electron chi connectivity index (χ0n) is 9.81. The summed E-state index contributed by atoms with van der Waals surface area (Å²) in [5, 5.41) is 9.57. The van der Waals surface area contributed by atoms with Gasteiger partial charge >= 0.3 is 0 Å². The molecular formula is C10H11ClN6O. The highest BCUT2D eigenvalue weighted by atomic mass is 35.5. The van der Waals surface area contributed by atoms with Gasteiger partial charge in [0.15, 0.2) is 0 Å². The number of nitrogens with one attached hydrogen (secondary N) is 2. The molecule has 2 aromatic rings. The highest BCUT2D eigenvalue weighted by Gasteiger charge is 2.14. The maximum Gasteiger partial charge on any atom is 0.259 e. The lowest BCUT2D eigenvalue weighted by atomic mass is 10.2. The van der Waals surface area contributed by atoms with Crippen molar-refractivity contribution in [2.75, 3.05) is 17.7 Å². The molecule has 94 valence electrons. The summed E-state index contributed by atoms with van der Waals surface area (Å²) in [5.41, 5.74) is 0.319. The number of rotatable bonds is 3. The molecule has 0 aliphatic carbocycles. The smallest absolute Gasteiger partial charge is 0.259 e. The second-order valence-electron chi connectivity index (χ2n) is 3.46. The predicted octanol–water partition coefficient (Wildman–Crippen LogP) is 1.16. The summed E-state index contributed by atoms with van der Waals surface area (Å²) < 4.78 is 1.45. The van der Waals surface area contributed by atoms with Gasteiger partial charge < -0.3 is 5.32 Å². The van der Waals surface area contributed by atoms with Gasteiger partial charge in [-0.3, -0.25) is 10.1 Å². The number of amides is 1. The fourth-order valence-electron chi connectivity index (χ4n) is 1.33. The van der Waals surface area contributed by atoms with E-state index in [4.69, 9.17) is 11.6 Å². The fourth-order valence-corrected chi connectivity index (χ4v) is 1.52. The third-order valence-corrected chi connectivity index (χ3v) is 2.59. The molecule has 0 saturated heterocycles. The summed E-state index contributed by atoms with van der Waals surface area (Å²) in [6.07, 6.45) is 2.77. The first kappa shape index (κ1) is 12.3. The molecule has 1 amide bonds. The molecule has 18 heavy (non-hydrogen) atoms. The van der Waals surface area contributed by atoms with Gasteiger partial charge in [0, 0.05) is 20.3 Å². The first-order chi connectivity index (χ1) is 8.61. The standard InChI is InChI=1S/C10H11ClN6O/c1-12-8-3-6(7(11)4-13-8)9(18)16-10-14-5-15-17(10)2/h3-5H,1-2H3,(H,12,13)(H,14,15,16,18). The van der Waals surface area contributed by atoms with Crippen LogP contribution < -0.4 is 10.6 Å². The monoisotopic (exact) mass is 266 g/mol. The topological polar surface area (TPSA) is 84.7 Å². The molecule has 0 unspecified atom stereocenters. The van der Waals surface area contributed by atoms with Crippen LogP contribution in [0.4, 0.5) is 11.8 Å². The van der Waals surface area contributed by atoms with Gasteiger partial charge in [0.1, 0.15) is 12.1 Å². The van der Waals surface area contributed by atoms with Gasteiger partial charge in [-0.2, -0.15) is 10.1 Å². The molecule has 2 N–H and O–H groups in total. The molecule has 0 aromatic carbocycles. The third-order valence-electron chi connectivity index (χ3n) is 2.29. The summed E-state index contributed by atoms with van der Waals surface area (Å²) >= 11 is 5.93. The normalized spacial score (nSPS) is 10.2. The van der Waals surface area contributed by atoms with E-state index < -0.39 is 0 Å². The number of anilines is 2. The van der Waals surface area contributed by atoms with Gasteiger partial charge in [0.25, 0.3) is 5.91 Å². The zero-order valence-corrected chi connectivity index (χ0v) is 10.6. The van der Waals surface area contributed by atoms with E-state index in [1.54, 1.807) is 20.2 Å². The Morgan fingerprint density at radius 3 is 2.83 bits per heavy atom. The van der Waals surface area contributed by atoms with Gasteiger partial charge in [-0.25, -0.2) is 9.67 Å². The molecule has 7 nitrogen and oxygen atoms in total. The van der Waals surface area contributed by atoms with Crippen molar-refractivity contribution in [3.8, 4) is 0 Å². The molecule has 0 bridgehead atoms. The van der Waals surface area contributed by atoms with E-state index in [9.17, 15) is 4.79 Å². The summed E-state index contributed by atoms with van der Waals surface area (Å²) in [4.78, 5) is 19.9. The van der Waals surface area contributed by atoms with Crippen LogP contribution in [0.1, 0.15) is 10.4 Å². The van der Waals surface area contributed by atoms with E-state index >= 15 is 0 Å². The number of carbonyl (C=O) groups excluding carboxylic acids is 1. The van der Waals surface area contributed by atoms with Gasteiger partial charge in [0.05, 0.1) is 10.6 Å². The Morgan fingerprint density at radius 2 is 2.22 bits per heavy atom. The minimum absolute atomic E-state index is 0.272. The molecule has 0 spiro atoms. The Bertz CT molecular complexity index is 581. The molecule has 0 aliphatic heterocycles. The fraction of sp³-hybridized carbons (Fsp3) is 0.200. The average molecular weight is 267 g/mol. The molecular weight excluding hydrogens is 256 g/mol. The van der Waals surface area contributed by atoms with Crippen molar-refractivity contribution in [3.63, 3.8) is 0 Å². The zero-order chi connectivity index (χ0) is 13.1. The number of hydrogen-bond acceptors (Lipinski definition) is 5. The van der Waals surface area contributed by atoms with Gasteiger partial charge in [-0.05, 0) is 6.07 Å². The quantitative estimate of drug-likeness (QED) is 0.871. The van der Waals surface area contributed by atoms with Crippen LogP contribution in [0.15, 0.2) is 18.6 Å². The van der Waals surface area contributed by atoms with E-state index in [1.807, 2.05) is 0 Å². The van der Waals surface area contributed by atoms with E-state index in [-0.39, 0.29) is 10.9 Å². The van der Waals surface area contributed by atoms with Crippen molar-refractivity contribution in [2.24, 2.45) is 7.05 Å². The average Bonchev–Trinajstić information content (AvgIpc) is 2.75. The van der Waals surface area contributed by atoms with Crippen molar-refractivity contribution in [3.05, 3.63) is 29.2 Å². The Morgan fingerprint density at radius 1 is 1.44 bits per heavy atom. The Kier molecular flexibility index (Phi) is 3.42. The predicted molar refractivity (Wildman–Crippen MR) is 67.7 cm³/mol. The maximum absolute atomic E-state index is 12.0. The van der Waals surface area contributed by atoms with Crippen LogP contribution in [-0.2, 0) is 7.05 Å². The van der Waals surface area contributed by atoms with Crippen LogP contribution >= 0.6 is 11.6 Å². The van der Waals surface area contributed by atoms with Gasteiger partial charge in [-0.15, -0.1) is 0 Å². The summed E-state index contributed by atoms with van der Waals surface area (Å²) in [5.74, 6) is 0.538. The minimum Gasteiger partial charge on any atom is -0.373 e. The molecule has 2 aromatic heterocycles. The van der Waals surface area contributed by atoms with Crippen molar-refractivity contribution in [1.29, 1.82) is 0 Å². The third kappa shape index (κ3) is 2.40. The Balaban J connectivity index is 2.26. The maximum atomic E-state index is 12.0. The van der Waals surface area contributed by atoms with Gasteiger partial charge in [0.2, 0.25) is 5.95 Å². The summed E-state index contributed by atoms with van der Waals surface area (Å²) in [7, 11) is 3.39. The molecule has 0 atom stereocenters. The van der Waals surface area contributed by atoms with E-state index in [1.165, 1.54) is 17.2 Å². The number of aryl methyl sites for hydroxylation is 1. The van der Waals surface area contributed by atoms with Crippen molar-refractivity contribution in [1.82, 2.24) is 19.7 Å². The van der Waals surface area contributed by atoms with Crippen LogP contribution in [0.5, 0.6) is 0 Å². The van der Waals surface area contributed by atoms with Crippen LogP contribution in [0, 0.1) is 0 Å². The number of aromatic nitrogens is 4. The molecule has 0 aliphatic rings. The lowest BCUT2D eigenvalue weighted by Gasteiger charge is -2.07. The largest absolute Gasteiger partial charge is 0.373 e. The van der Waals surface area contributed by atoms with Crippen LogP contribution in [0.25, 0.3) is 0 Å². The first-order valence-electron chi connectivity index (χ1n) is 5.10. The molecule has 8 heteroatoms. The molecule has 2 heterocycles. The van der Waals surface area contributed by atoms with E-state index in [0.717, 1.165) is 0 Å². The Hall–Kier alpha value is -2.15. The number of halogens is 1. The highest BCUT2D eigenvalue weighted by Crippen LogP contribution is 2.18. The Labute approximate surface area is 108 Å². The number of nitrogens with zero attached hydrogens (tertiary/aromatic N) is 4. The van der Waals surface area contributed by atoms with Crippen LogP contribution in [0.2, 0.25) is 5.02 Å². The van der Waals surface area contributed by atoms with Gasteiger partial charge in [-0.1, -0.05) is 11.6 Å². The summed E-state index contributed by atoms with van der Waals surface area (Å²) in [6, 6.07) is 1.56. The first-order valence-corrected chi connectivity index (χ1v) is 5.48. The van der Waals surface area contributed by atoms with E-state index in [0.29, 0.717) is 17.3 Å². The highest BCUT2D eigenvalue weighted by molar-refractivity contribution is 6.34. The van der Waals surface area contributed by atoms with Crippen molar-refractivity contribution < 1.29 is 4.79 Å². The number of hydrogen-bond donors (Lipinski definition) is 2. The second-order valence-corrected chi connectivity index (χ2v) is 3.87. The van der Waals surface area contributed by atoms with Crippen LogP contribution in [0.3, 0.4) is 0 Å². The molecule has 0 fully saturated rings.